The van der Waals surface area contributed by atoms with E-state index in [9.17, 15) is 4.79 Å². The maximum atomic E-state index is 11.4. The van der Waals surface area contributed by atoms with Crippen molar-refractivity contribution in [3.63, 3.8) is 0 Å². The molecule has 0 spiro atoms. The van der Waals surface area contributed by atoms with Gasteiger partial charge in [-0.2, -0.15) is 5.10 Å². The van der Waals surface area contributed by atoms with Gasteiger partial charge in [-0.05, 0) is 29.8 Å². The lowest BCUT2D eigenvalue weighted by atomic mass is 10.1. The average Bonchev–Trinajstić information content (AvgIpc) is 3.18. The topological polar surface area (TPSA) is 78.6 Å². The minimum Gasteiger partial charge on any atom is -0.488 e. The van der Waals surface area contributed by atoms with Crippen LogP contribution in [-0.4, -0.2) is 34.2 Å². The second kappa shape index (κ2) is 7.87. The molecule has 0 aliphatic rings. The molecule has 0 aliphatic heterocycles. The largest absolute Gasteiger partial charge is 0.488 e. The molecule has 7 nitrogen and oxygen atoms in total. The number of esters is 1. The molecule has 0 N–H and O–H groups in total. The summed E-state index contributed by atoms with van der Waals surface area (Å²) in [5, 5.41) is 11.6. The summed E-state index contributed by atoms with van der Waals surface area (Å²) >= 11 is 0. The molecule has 0 saturated heterocycles. The fraction of sp³-hybridized carbons (Fsp3) is 0.111. The maximum Gasteiger partial charge on any atom is 0.337 e. The van der Waals surface area contributed by atoms with E-state index in [4.69, 9.17) is 4.74 Å². The molecular weight excluding hydrogens is 320 g/mol. The first kappa shape index (κ1) is 16.4. The molecule has 2 aromatic carbocycles. The van der Waals surface area contributed by atoms with Crippen molar-refractivity contribution < 1.29 is 14.3 Å². The Morgan fingerprint density at radius 3 is 2.56 bits per heavy atom. The summed E-state index contributed by atoms with van der Waals surface area (Å²) in [5.41, 5.74) is 2.29. The smallest absolute Gasteiger partial charge is 0.337 e. The predicted octanol–water partition coefficient (Wildman–Crippen LogP) is 2.53. The quantitative estimate of drug-likeness (QED) is 0.510. The lowest BCUT2D eigenvalue weighted by Crippen LogP contribution is -2.02. The molecule has 0 aliphatic carbocycles. The van der Waals surface area contributed by atoms with Crippen molar-refractivity contribution in [2.45, 2.75) is 6.61 Å². The van der Waals surface area contributed by atoms with Gasteiger partial charge < -0.3 is 9.47 Å². The van der Waals surface area contributed by atoms with Crippen molar-refractivity contribution in [2.24, 2.45) is 5.10 Å². The van der Waals surface area contributed by atoms with Gasteiger partial charge in [-0.25, -0.2) is 9.47 Å². The van der Waals surface area contributed by atoms with Crippen LogP contribution in [0.3, 0.4) is 0 Å². The number of nitrogens with zero attached hydrogens (tertiary/aromatic N) is 4. The standard InChI is InChI=1S/C18H16N4O3/c1-24-18(23)15-8-6-14(7-9-15)11-25-17-5-3-2-4-16(17)10-21-22-12-19-20-13-22/h2-10,12-13H,11H2,1H3/b21-10-. The lowest BCUT2D eigenvalue weighted by molar-refractivity contribution is 0.0600. The van der Waals surface area contributed by atoms with Gasteiger partial charge in [0.15, 0.2) is 0 Å². The van der Waals surface area contributed by atoms with Crippen molar-refractivity contribution in [2.75, 3.05) is 7.11 Å². The van der Waals surface area contributed by atoms with E-state index in [1.807, 2.05) is 36.4 Å². The Morgan fingerprint density at radius 1 is 1.12 bits per heavy atom. The van der Waals surface area contributed by atoms with E-state index in [1.54, 1.807) is 18.3 Å². The number of para-hydroxylation sites is 1. The van der Waals surface area contributed by atoms with Crippen molar-refractivity contribution in [1.82, 2.24) is 14.9 Å². The van der Waals surface area contributed by atoms with E-state index < -0.39 is 0 Å². The maximum absolute atomic E-state index is 11.4. The summed E-state index contributed by atoms with van der Waals surface area (Å²) in [6, 6.07) is 14.7. The number of aromatic nitrogens is 3. The summed E-state index contributed by atoms with van der Waals surface area (Å²) in [6.45, 7) is 0.374. The molecule has 0 unspecified atom stereocenters. The first-order valence-electron chi connectivity index (χ1n) is 7.54. The van der Waals surface area contributed by atoms with Gasteiger partial charge in [-0.15, -0.1) is 10.2 Å². The predicted molar refractivity (Wildman–Crippen MR) is 91.6 cm³/mol. The third-order valence-corrected chi connectivity index (χ3v) is 3.43. The molecule has 3 rings (SSSR count). The Hall–Kier alpha value is -3.48. The highest BCUT2D eigenvalue weighted by Gasteiger charge is 2.05. The second-order valence-corrected chi connectivity index (χ2v) is 5.10. The van der Waals surface area contributed by atoms with Crippen molar-refractivity contribution in [1.29, 1.82) is 0 Å². The Kier molecular flexibility index (Phi) is 5.16. The van der Waals surface area contributed by atoms with Crippen molar-refractivity contribution in [3.8, 4) is 5.75 Å². The first-order valence-corrected chi connectivity index (χ1v) is 7.54. The molecule has 0 bridgehead atoms. The highest BCUT2D eigenvalue weighted by atomic mass is 16.5. The van der Waals surface area contributed by atoms with E-state index in [1.165, 1.54) is 24.4 Å². The highest BCUT2D eigenvalue weighted by Crippen LogP contribution is 2.18. The van der Waals surface area contributed by atoms with Crippen molar-refractivity contribution in [3.05, 3.63) is 77.9 Å². The van der Waals surface area contributed by atoms with E-state index >= 15 is 0 Å². The Morgan fingerprint density at radius 2 is 1.84 bits per heavy atom. The van der Waals surface area contributed by atoms with Gasteiger partial charge in [-0.3, -0.25) is 0 Å². The zero-order valence-corrected chi connectivity index (χ0v) is 13.6. The molecule has 1 aromatic heterocycles. The zero-order valence-electron chi connectivity index (χ0n) is 13.6. The van der Waals surface area contributed by atoms with E-state index in [0.717, 1.165) is 11.1 Å². The van der Waals surface area contributed by atoms with E-state index in [2.05, 4.69) is 20.0 Å². The Bertz CT molecular complexity index is 858. The number of hydrogen-bond donors (Lipinski definition) is 0. The highest BCUT2D eigenvalue weighted by molar-refractivity contribution is 5.89. The zero-order chi connectivity index (χ0) is 17.5. The minimum absolute atomic E-state index is 0.358. The van der Waals surface area contributed by atoms with Crippen LogP contribution in [0.15, 0.2) is 66.3 Å². The van der Waals surface area contributed by atoms with Crippen LogP contribution in [0.2, 0.25) is 0 Å². The summed E-state index contributed by atoms with van der Waals surface area (Å²) in [5.74, 6) is 0.347. The van der Waals surface area contributed by atoms with Gasteiger partial charge in [0.05, 0.1) is 18.9 Å². The van der Waals surface area contributed by atoms with Gasteiger partial charge in [-0.1, -0.05) is 24.3 Å². The molecule has 0 atom stereocenters. The molecule has 0 fully saturated rings. The third-order valence-electron chi connectivity index (χ3n) is 3.43. The number of ether oxygens (including phenoxy) is 2. The van der Waals surface area contributed by atoms with Crippen LogP contribution in [0.4, 0.5) is 0 Å². The number of hydrogen-bond acceptors (Lipinski definition) is 6. The molecule has 0 saturated carbocycles. The first-order chi connectivity index (χ1) is 12.3. The van der Waals surface area contributed by atoms with Crippen LogP contribution in [0.1, 0.15) is 21.5 Å². The third kappa shape index (κ3) is 4.29. The van der Waals surface area contributed by atoms with Crippen molar-refractivity contribution >= 4 is 12.2 Å². The summed E-state index contributed by atoms with van der Waals surface area (Å²) in [6.07, 6.45) is 4.69. The molecule has 0 amide bonds. The van der Waals surface area contributed by atoms with Gasteiger partial charge in [0.1, 0.15) is 25.0 Å². The van der Waals surface area contributed by atoms with E-state index in [0.29, 0.717) is 17.9 Å². The average molecular weight is 336 g/mol. The second-order valence-electron chi connectivity index (χ2n) is 5.10. The summed E-state index contributed by atoms with van der Waals surface area (Å²) in [4.78, 5) is 11.4. The fourth-order valence-corrected chi connectivity index (χ4v) is 2.12. The minimum atomic E-state index is -0.358. The molecule has 1 heterocycles. The number of benzene rings is 2. The number of carbonyl (C=O) groups is 1. The molecule has 25 heavy (non-hydrogen) atoms. The van der Waals surface area contributed by atoms with Gasteiger partial charge in [0, 0.05) is 5.56 Å². The normalized spacial score (nSPS) is 10.8. The molecule has 126 valence electrons. The van der Waals surface area contributed by atoms with Crippen LogP contribution in [0, 0.1) is 0 Å². The molecular formula is C18H16N4O3. The van der Waals surface area contributed by atoms with Crippen LogP contribution in [0.5, 0.6) is 5.75 Å². The Balaban J connectivity index is 1.68. The summed E-state index contributed by atoms with van der Waals surface area (Å²) < 4.78 is 12.1. The number of methoxy groups -OCH3 is 1. The van der Waals surface area contributed by atoms with Gasteiger partial charge >= 0.3 is 5.97 Å². The van der Waals surface area contributed by atoms with Crippen LogP contribution in [0.25, 0.3) is 0 Å². The molecule has 3 aromatic rings. The Labute approximate surface area is 144 Å². The van der Waals surface area contributed by atoms with Gasteiger partial charge in [0.25, 0.3) is 0 Å². The SMILES string of the molecule is COC(=O)c1ccc(COc2ccccc2/C=N\n2cnnc2)cc1. The number of carbonyl (C=O) groups excluding carboxylic acids is 1. The number of rotatable bonds is 6. The monoisotopic (exact) mass is 336 g/mol. The van der Waals surface area contributed by atoms with E-state index in [-0.39, 0.29) is 5.97 Å². The molecule has 0 radical (unpaired) electrons. The van der Waals surface area contributed by atoms with Crippen LogP contribution >= 0.6 is 0 Å². The summed E-state index contributed by atoms with van der Waals surface area (Å²) in [7, 11) is 1.36. The van der Waals surface area contributed by atoms with Gasteiger partial charge in [0.2, 0.25) is 0 Å². The lowest BCUT2D eigenvalue weighted by Gasteiger charge is -2.09. The van der Waals surface area contributed by atoms with Crippen LogP contribution < -0.4 is 4.74 Å². The fourth-order valence-electron chi connectivity index (χ4n) is 2.12. The van der Waals surface area contributed by atoms with Crippen LogP contribution in [-0.2, 0) is 11.3 Å². The molecule has 7 heteroatoms.